The van der Waals surface area contributed by atoms with Crippen molar-refractivity contribution in [3.63, 3.8) is 0 Å². The van der Waals surface area contributed by atoms with Gasteiger partial charge in [-0.25, -0.2) is 8.42 Å². The van der Waals surface area contributed by atoms with Crippen LogP contribution in [0.5, 0.6) is 0 Å². The van der Waals surface area contributed by atoms with Crippen molar-refractivity contribution in [2.24, 2.45) is 0 Å². The number of rotatable bonds is 10. The molecule has 1 atom stereocenters. The van der Waals surface area contributed by atoms with E-state index in [0.29, 0.717) is 6.42 Å². The molecule has 0 fully saturated rings. The van der Waals surface area contributed by atoms with Gasteiger partial charge in [0.1, 0.15) is 17.9 Å². The van der Waals surface area contributed by atoms with Crippen LogP contribution in [0.15, 0.2) is 24.5 Å². The number of carboxylic acids is 3. The molecule has 1 heterocycles. The van der Waals surface area contributed by atoms with Crippen LogP contribution in [-0.4, -0.2) is 90.0 Å². The molecule has 45 heavy (non-hydrogen) atoms. The van der Waals surface area contributed by atoms with E-state index in [9.17, 15) is 62.9 Å². The van der Waals surface area contributed by atoms with Crippen LogP contribution >= 0.6 is 25.3 Å². The number of nitrogens with zero attached hydrogens (tertiary/aromatic N) is 3. The highest BCUT2D eigenvalue weighted by atomic mass is 32.2. The summed E-state index contributed by atoms with van der Waals surface area (Å²) in [6.07, 6.45) is -0.722. The third-order valence-corrected chi connectivity index (χ3v) is 5.97. The summed E-state index contributed by atoms with van der Waals surface area (Å²) in [5.41, 5.74) is -4.58. The molecule has 0 aliphatic heterocycles. The fourth-order valence-electron chi connectivity index (χ4n) is 1.52. The number of carbonyl (C=O) groups excluding carboxylic acids is 2. The number of halogens is 6. The lowest BCUT2D eigenvalue weighted by Gasteiger charge is -2.03. The van der Waals surface area contributed by atoms with E-state index in [-0.39, 0.29) is 23.1 Å². The van der Waals surface area contributed by atoms with Gasteiger partial charge in [0.15, 0.2) is 16.0 Å². The molecule has 0 aliphatic carbocycles. The summed E-state index contributed by atoms with van der Waals surface area (Å²) >= 11 is 7.08. The summed E-state index contributed by atoms with van der Waals surface area (Å²) in [4.78, 5) is 52.9. The average molecular weight is 736 g/mol. The SMILES string of the molecule is N#CCC(=O)O.N#CCCC(=O)S.O=C(O)CS(=O)(=O)C(F)(F)F.O=C(O)CS(=O)CC(F)(F)F.O=C(S)Cc1cccnc1. The standard InChI is InChI=1S/C7H7NOS.C4H5F3O3S.C4H5NOS.C3H3F3O4S.C3H3NO2/c9-7(10)4-6-2-1-3-8-5-6;5-4(6,7)2-11(10)1-3(8)9;5-3-1-2-4(6)7;4-3(5,6)11(9,10)1-2(7)8;4-2-1-3(5)6/h1-3,5H,4H2,(H,9,10);1-2H2,(H,8,9);1-2H2,(H,6,7);1H2,(H,7,8);1H2,(H,5,6). The summed E-state index contributed by atoms with van der Waals surface area (Å²) in [7, 11) is -7.84. The molecular formula is C21H23F6N3O11S4. The lowest BCUT2D eigenvalue weighted by Crippen LogP contribution is -2.29. The van der Waals surface area contributed by atoms with Crippen molar-refractivity contribution in [1.82, 2.24) is 4.98 Å². The Morgan fingerprint density at radius 2 is 1.44 bits per heavy atom. The van der Waals surface area contributed by atoms with Gasteiger partial charge in [-0.05, 0) is 11.6 Å². The Morgan fingerprint density at radius 3 is 1.67 bits per heavy atom. The molecule has 1 aromatic heterocycles. The lowest BCUT2D eigenvalue weighted by atomic mass is 10.2. The zero-order valence-electron chi connectivity index (χ0n) is 22.2. The number of hydrogen-bond acceptors (Lipinski definition) is 11. The highest BCUT2D eigenvalue weighted by Crippen LogP contribution is 2.23. The Morgan fingerprint density at radius 1 is 0.911 bits per heavy atom. The quantitative estimate of drug-likeness (QED) is 0.171. The van der Waals surface area contributed by atoms with Gasteiger partial charge in [-0.1, -0.05) is 6.07 Å². The molecule has 0 bridgehead atoms. The van der Waals surface area contributed by atoms with Crippen LogP contribution < -0.4 is 0 Å². The summed E-state index contributed by atoms with van der Waals surface area (Å²) in [6.45, 7) is 0. The first-order valence-corrected chi connectivity index (χ1v) is 14.8. The zero-order valence-corrected chi connectivity index (χ0v) is 25.6. The molecule has 1 unspecified atom stereocenters. The smallest absolute Gasteiger partial charge is 0.481 e. The third-order valence-electron chi connectivity index (χ3n) is 3.03. The Balaban J connectivity index is -0.000000238. The second-order valence-electron chi connectivity index (χ2n) is 7.05. The maximum absolute atomic E-state index is 11.4. The Hall–Kier alpha value is -3.74. The van der Waals surface area contributed by atoms with Gasteiger partial charge in [0.05, 0.1) is 12.1 Å². The van der Waals surface area contributed by atoms with E-state index in [2.05, 4.69) is 30.2 Å². The predicted octanol–water partition coefficient (Wildman–Crippen LogP) is 2.20. The number of pyridine rings is 1. The second-order valence-corrected chi connectivity index (χ2v) is 11.5. The number of carboxylic acid groups (broad SMARTS) is 3. The molecule has 14 nitrogen and oxygen atoms in total. The van der Waals surface area contributed by atoms with Crippen molar-refractivity contribution in [3.05, 3.63) is 30.1 Å². The maximum atomic E-state index is 11.4. The van der Waals surface area contributed by atoms with Gasteiger partial charge in [-0.3, -0.25) is 33.2 Å². The normalized spacial score (nSPS) is 10.8. The summed E-state index contributed by atoms with van der Waals surface area (Å²) in [5.74, 6) is -9.03. The largest absolute Gasteiger partial charge is 0.497 e. The van der Waals surface area contributed by atoms with Crippen LogP contribution in [0.1, 0.15) is 24.8 Å². The van der Waals surface area contributed by atoms with Gasteiger partial charge in [0.2, 0.25) is 0 Å². The van der Waals surface area contributed by atoms with Gasteiger partial charge in [-0.2, -0.15) is 36.9 Å². The number of thiol groups is 2. The van der Waals surface area contributed by atoms with Gasteiger partial charge in [-0.15, -0.1) is 25.3 Å². The second kappa shape index (κ2) is 25.6. The summed E-state index contributed by atoms with van der Waals surface area (Å²) in [6, 6.07) is 6.94. The van der Waals surface area contributed by atoms with E-state index in [1.807, 2.05) is 12.1 Å². The van der Waals surface area contributed by atoms with E-state index < -0.39 is 73.9 Å². The molecule has 0 aliphatic rings. The van der Waals surface area contributed by atoms with Crippen molar-refractivity contribution in [1.29, 1.82) is 10.5 Å². The number of alkyl halides is 6. The van der Waals surface area contributed by atoms with Crippen LogP contribution in [0.25, 0.3) is 0 Å². The van der Waals surface area contributed by atoms with Crippen LogP contribution in [-0.2, 0) is 51.0 Å². The van der Waals surface area contributed by atoms with Crippen LogP contribution in [0.2, 0.25) is 0 Å². The number of aliphatic carboxylic acids is 3. The molecule has 3 N–H and O–H groups in total. The Bertz CT molecular complexity index is 1310. The van der Waals surface area contributed by atoms with Crippen LogP contribution in [0.4, 0.5) is 26.3 Å². The molecule has 0 aromatic carbocycles. The minimum atomic E-state index is -5.50. The molecule has 0 saturated carbocycles. The molecule has 0 spiro atoms. The molecule has 0 amide bonds. The van der Waals surface area contributed by atoms with Crippen molar-refractivity contribution >= 4 is 74.0 Å². The maximum Gasteiger partial charge on any atom is 0.497 e. The minimum absolute atomic E-state index is 0.131. The fourth-order valence-corrected chi connectivity index (χ4v) is 3.05. The van der Waals surface area contributed by atoms with Crippen molar-refractivity contribution in [3.8, 4) is 12.1 Å². The topological polar surface area (TPSA) is 258 Å². The van der Waals surface area contributed by atoms with E-state index in [1.54, 1.807) is 18.5 Å². The Kier molecular flexibility index (Phi) is 27.4. The highest BCUT2D eigenvalue weighted by molar-refractivity contribution is 7.96. The Labute approximate surface area is 264 Å². The number of carbonyl (C=O) groups is 5. The summed E-state index contributed by atoms with van der Waals surface area (Å²) < 4.78 is 98.3. The number of hydrogen-bond donors (Lipinski definition) is 5. The summed E-state index contributed by atoms with van der Waals surface area (Å²) in [5, 5.41) is 38.5. The minimum Gasteiger partial charge on any atom is -0.481 e. The van der Waals surface area contributed by atoms with E-state index in [4.69, 9.17) is 25.8 Å². The number of nitriles is 2. The number of aromatic nitrogens is 1. The molecule has 0 radical (unpaired) electrons. The molecule has 1 aromatic rings. The van der Waals surface area contributed by atoms with Gasteiger partial charge in [0.25, 0.3) is 9.84 Å². The predicted molar refractivity (Wildman–Crippen MR) is 148 cm³/mol. The monoisotopic (exact) mass is 735 g/mol. The van der Waals surface area contributed by atoms with Gasteiger partial charge < -0.3 is 15.3 Å². The first-order chi connectivity index (χ1) is 20.3. The van der Waals surface area contributed by atoms with Crippen LogP contribution in [0, 0.1) is 22.7 Å². The van der Waals surface area contributed by atoms with E-state index in [1.165, 1.54) is 6.07 Å². The molecule has 0 saturated heterocycles. The van der Waals surface area contributed by atoms with E-state index >= 15 is 0 Å². The van der Waals surface area contributed by atoms with E-state index in [0.717, 1.165) is 5.56 Å². The molecule has 24 heteroatoms. The van der Waals surface area contributed by atoms with Crippen LogP contribution in [0.3, 0.4) is 0 Å². The van der Waals surface area contributed by atoms with Crippen molar-refractivity contribution in [2.75, 3.05) is 17.3 Å². The molecule has 254 valence electrons. The zero-order chi connectivity index (χ0) is 36.4. The first kappa shape index (κ1) is 48.2. The highest BCUT2D eigenvalue weighted by Gasteiger charge is 2.46. The fraction of sp³-hybridized carbons (Fsp3) is 0.429. The van der Waals surface area contributed by atoms with Crippen molar-refractivity contribution < 1.29 is 78.3 Å². The van der Waals surface area contributed by atoms with Crippen molar-refractivity contribution in [2.45, 2.75) is 37.4 Å². The van der Waals surface area contributed by atoms with Gasteiger partial charge >= 0.3 is 29.6 Å². The lowest BCUT2D eigenvalue weighted by molar-refractivity contribution is -0.136. The van der Waals surface area contributed by atoms with Gasteiger partial charge in [0, 0.05) is 42.5 Å². The molecular weight excluding hydrogens is 712 g/mol. The average Bonchev–Trinajstić information content (AvgIpc) is 2.81. The molecule has 1 rings (SSSR count). The number of sulfone groups is 1. The third kappa shape index (κ3) is 40.3. The first-order valence-electron chi connectivity index (χ1n) is 10.7.